The van der Waals surface area contributed by atoms with Gasteiger partial charge in [0.25, 0.3) is 5.56 Å². The minimum atomic E-state index is -0.538. The van der Waals surface area contributed by atoms with Gasteiger partial charge in [0.05, 0.1) is 25.4 Å². The van der Waals surface area contributed by atoms with Crippen molar-refractivity contribution in [3.05, 3.63) is 75.8 Å². The molecule has 4 aromatic rings. The van der Waals surface area contributed by atoms with Gasteiger partial charge in [-0.2, -0.15) is 0 Å². The summed E-state index contributed by atoms with van der Waals surface area (Å²) in [4.78, 5) is 19.1. The van der Waals surface area contributed by atoms with Crippen LogP contribution in [-0.2, 0) is 16.8 Å². The van der Waals surface area contributed by atoms with Crippen LogP contribution in [0.25, 0.3) is 10.9 Å². The molecule has 1 saturated heterocycles. The minimum Gasteiger partial charge on any atom is -0.497 e. The first-order valence-electron chi connectivity index (χ1n) is 13.8. The fourth-order valence-corrected chi connectivity index (χ4v) is 5.28. The van der Waals surface area contributed by atoms with Crippen molar-refractivity contribution in [1.82, 2.24) is 30.1 Å². The van der Waals surface area contributed by atoms with E-state index in [0.717, 1.165) is 41.7 Å². The van der Waals surface area contributed by atoms with E-state index < -0.39 is 11.6 Å². The first kappa shape index (κ1) is 27.8. The molecule has 2 aromatic heterocycles. The molecular weight excluding hydrogens is 508 g/mol. The number of nitrogens with zero attached hydrogens (tertiary/aromatic N) is 5. The predicted octanol–water partition coefficient (Wildman–Crippen LogP) is 4.45. The fraction of sp³-hybridized carbons (Fsp3) is 0.467. The van der Waals surface area contributed by atoms with Crippen LogP contribution in [0, 0.1) is 0 Å². The van der Waals surface area contributed by atoms with Gasteiger partial charge < -0.3 is 19.2 Å². The molecule has 1 aliphatic heterocycles. The molecule has 3 heterocycles. The van der Waals surface area contributed by atoms with Crippen LogP contribution in [0.15, 0.2) is 53.3 Å². The van der Waals surface area contributed by atoms with E-state index in [1.165, 1.54) is 0 Å². The summed E-state index contributed by atoms with van der Waals surface area (Å²) in [6, 6.07) is 15.1. The molecule has 212 valence electrons. The molecule has 0 spiro atoms. The van der Waals surface area contributed by atoms with Crippen LogP contribution in [0.4, 0.5) is 0 Å². The first-order valence-corrected chi connectivity index (χ1v) is 13.8. The molecule has 0 bridgehead atoms. The van der Waals surface area contributed by atoms with Gasteiger partial charge in [0.2, 0.25) is 0 Å². The first-order chi connectivity index (χ1) is 19.3. The van der Waals surface area contributed by atoms with Crippen LogP contribution in [0.1, 0.15) is 63.5 Å². The van der Waals surface area contributed by atoms with Gasteiger partial charge in [0.15, 0.2) is 5.82 Å². The van der Waals surface area contributed by atoms with Gasteiger partial charge in [-0.25, -0.2) is 4.68 Å². The van der Waals surface area contributed by atoms with E-state index in [2.05, 4.69) is 58.3 Å². The Morgan fingerprint density at radius 1 is 1.15 bits per heavy atom. The predicted molar refractivity (Wildman–Crippen MR) is 153 cm³/mol. The number of tetrazole rings is 1. The SMILES string of the molecule is CCOc1ccc(CN(C[C@@H]2CCCO2)[C@H](c2cc3cc(OC)ccc3[nH]c2=O)c2nnnn2C(C)(C)C)cc1. The van der Waals surface area contributed by atoms with Crippen molar-refractivity contribution >= 4 is 10.9 Å². The Morgan fingerprint density at radius 3 is 2.60 bits per heavy atom. The maximum atomic E-state index is 13.8. The molecule has 0 unspecified atom stereocenters. The summed E-state index contributed by atoms with van der Waals surface area (Å²) in [5, 5.41) is 13.8. The van der Waals surface area contributed by atoms with Crippen LogP contribution >= 0.6 is 0 Å². The Morgan fingerprint density at radius 2 is 1.93 bits per heavy atom. The highest BCUT2D eigenvalue weighted by Gasteiger charge is 2.35. The van der Waals surface area contributed by atoms with Crippen molar-refractivity contribution in [2.75, 3.05) is 26.9 Å². The number of aromatic amines is 1. The average molecular weight is 547 g/mol. The van der Waals surface area contributed by atoms with Crippen LogP contribution in [0.2, 0.25) is 0 Å². The van der Waals surface area contributed by atoms with Gasteiger partial charge in [0, 0.05) is 36.2 Å². The Kier molecular flexibility index (Phi) is 8.18. The lowest BCUT2D eigenvalue weighted by atomic mass is 10.00. The second kappa shape index (κ2) is 11.8. The number of pyridine rings is 1. The second-order valence-electron chi connectivity index (χ2n) is 11.2. The number of aromatic nitrogens is 5. The lowest BCUT2D eigenvalue weighted by Crippen LogP contribution is -2.40. The Labute approximate surface area is 234 Å². The number of methoxy groups -OCH3 is 1. The third-order valence-electron chi connectivity index (χ3n) is 7.20. The van der Waals surface area contributed by atoms with E-state index in [-0.39, 0.29) is 11.7 Å². The average Bonchev–Trinajstić information content (AvgIpc) is 3.63. The minimum absolute atomic E-state index is 0.0452. The second-order valence-corrected chi connectivity index (χ2v) is 11.2. The summed E-state index contributed by atoms with van der Waals surface area (Å²) in [5.74, 6) is 2.14. The third kappa shape index (κ3) is 6.03. The molecule has 2 aromatic carbocycles. The standard InChI is InChI=1S/C30H38N6O4/c1-6-39-22-11-9-20(10-12-22)18-35(19-24-8-7-15-40-24)27(28-32-33-34-36(28)30(2,3)4)25-17-21-16-23(38-5)13-14-26(21)31-29(25)37/h9-14,16-17,24,27H,6-8,15,18-19H2,1-5H3,(H,31,37)/t24-,27+/m0/s1. The van der Waals surface area contributed by atoms with Crippen molar-refractivity contribution < 1.29 is 14.2 Å². The van der Waals surface area contributed by atoms with E-state index in [4.69, 9.17) is 14.2 Å². The van der Waals surface area contributed by atoms with Gasteiger partial charge >= 0.3 is 0 Å². The molecule has 10 nitrogen and oxygen atoms in total. The maximum Gasteiger partial charge on any atom is 0.253 e. The molecule has 1 fully saturated rings. The highest BCUT2D eigenvalue weighted by molar-refractivity contribution is 5.80. The summed E-state index contributed by atoms with van der Waals surface area (Å²) in [6.07, 6.45) is 2.02. The highest BCUT2D eigenvalue weighted by Crippen LogP contribution is 2.32. The lowest BCUT2D eigenvalue weighted by molar-refractivity contribution is 0.0564. The molecule has 5 rings (SSSR count). The van der Waals surface area contributed by atoms with Crippen LogP contribution in [0.5, 0.6) is 11.5 Å². The molecule has 0 radical (unpaired) electrons. The third-order valence-corrected chi connectivity index (χ3v) is 7.20. The van der Waals surface area contributed by atoms with Crippen LogP contribution in [-0.4, -0.2) is 63.1 Å². The quantitative estimate of drug-likeness (QED) is 0.311. The summed E-state index contributed by atoms with van der Waals surface area (Å²) in [5.41, 5.74) is 1.79. The molecule has 0 aliphatic carbocycles. The number of hydrogen-bond donors (Lipinski definition) is 1. The number of nitrogens with one attached hydrogen (secondary N) is 1. The van der Waals surface area contributed by atoms with Gasteiger partial charge in [-0.15, -0.1) is 5.10 Å². The maximum absolute atomic E-state index is 13.8. The summed E-state index contributed by atoms with van der Waals surface area (Å²) in [6.45, 7) is 10.6. The Hall–Kier alpha value is -3.76. The lowest BCUT2D eigenvalue weighted by Gasteiger charge is -2.34. The molecule has 1 N–H and O–H groups in total. The topological polar surface area (TPSA) is 107 Å². The Balaban J connectivity index is 1.66. The number of H-pyrrole nitrogens is 1. The van der Waals surface area contributed by atoms with Crippen LogP contribution < -0.4 is 15.0 Å². The zero-order chi connectivity index (χ0) is 28.3. The van der Waals surface area contributed by atoms with E-state index in [9.17, 15) is 4.79 Å². The van der Waals surface area contributed by atoms with E-state index >= 15 is 0 Å². The molecule has 2 atom stereocenters. The zero-order valence-electron chi connectivity index (χ0n) is 23.9. The van der Waals surface area contributed by atoms with Gasteiger partial charge in [-0.1, -0.05) is 12.1 Å². The van der Waals surface area contributed by atoms with Crippen molar-refractivity contribution in [3.8, 4) is 11.5 Å². The Bertz CT molecular complexity index is 1480. The molecule has 1 aliphatic rings. The number of hydrogen-bond acceptors (Lipinski definition) is 8. The smallest absolute Gasteiger partial charge is 0.253 e. The number of ether oxygens (including phenoxy) is 3. The van der Waals surface area contributed by atoms with E-state index in [1.807, 2.05) is 48.0 Å². The fourth-order valence-electron chi connectivity index (χ4n) is 5.28. The number of rotatable bonds is 10. The number of benzene rings is 2. The molecule has 10 heteroatoms. The molecular formula is C30H38N6O4. The van der Waals surface area contributed by atoms with Crippen molar-refractivity contribution in [2.45, 2.75) is 64.8 Å². The van der Waals surface area contributed by atoms with Gasteiger partial charge in [-0.05, 0) is 92.9 Å². The molecule has 0 amide bonds. The largest absolute Gasteiger partial charge is 0.497 e. The van der Waals surface area contributed by atoms with E-state index in [1.54, 1.807) is 7.11 Å². The zero-order valence-corrected chi connectivity index (χ0v) is 23.9. The normalized spacial score (nSPS) is 16.5. The van der Waals surface area contributed by atoms with Crippen LogP contribution in [0.3, 0.4) is 0 Å². The summed E-state index contributed by atoms with van der Waals surface area (Å²) in [7, 11) is 1.63. The van der Waals surface area contributed by atoms with Crippen molar-refractivity contribution in [1.29, 1.82) is 0 Å². The number of fused-ring (bicyclic) bond motifs is 1. The summed E-state index contributed by atoms with van der Waals surface area (Å²) >= 11 is 0. The molecule has 0 saturated carbocycles. The van der Waals surface area contributed by atoms with Gasteiger partial charge in [-0.3, -0.25) is 9.69 Å². The monoisotopic (exact) mass is 546 g/mol. The molecule has 40 heavy (non-hydrogen) atoms. The van der Waals surface area contributed by atoms with Crippen molar-refractivity contribution in [3.63, 3.8) is 0 Å². The van der Waals surface area contributed by atoms with Gasteiger partial charge in [0.1, 0.15) is 17.5 Å². The van der Waals surface area contributed by atoms with Crippen molar-refractivity contribution in [2.24, 2.45) is 0 Å². The summed E-state index contributed by atoms with van der Waals surface area (Å²) < 4.78 is 19.0. The highest BCUT2D eigenvalue weighted by atomic mass is 16.5. The van der Waals surface area contributed by atoms with E-state index in [0.29, 0.717) is 36.8 Å².